The highest BCUT2D eigenvalue weighted by Gasteiger charge is 2.31. The second-order valence-corrected chi connectivity index (χ2v) is 8.10. The fourth-order valence-corrected chi connectivity index (χ4v) is 3.55. The van der Waals surface area contributed by atoms with E-state index in [1.54, 1.807) is 24.3 Å². The third kappa shape index (κ3) is 8.26. The molecule has 0 fully saturated rings. The van der Waals surface area contributed by atoms with Gasteiger partial charge in [-0.15, -0.1) is 13.2 Å². The maximum absolute atomic E-state index is 12.2. The number of nitrogens with two attached hydrogens (primary N) is 1. The second-order valence-electron chi connectivity index (χ2n) is 6.33. The van der Waals surface area contributed by atoms with Gasteiger partial charge in [0.25, 0.3) is 0 Å². The van der Waals surface area contributed by atoms with E-state index in [-0.39, 0.29) is 24.4 Å². The number of benzene rings is 2. The first-order valence-electron chi connectivity index (χ1n) is 8.97. The number of alkyl halides is 3. The first-order chi connectivity index (χ1) is 14.5. The van der Waals surface area contributed by atoms with Gasteiger partial charge in [-0.2, -0.15) is 0 Å². The Morgan fingerprint density at radius 1 is 1.03 bits per heavy atom. The smallest absolute Gasteiger partial charge is 0.406 e. The minimum atomic E-state index is -4.88. The van der Waals surface area contributed by atoms with Crippen molar-refractivity contribution >= 4 is 21.8 Å². The van der Waals surface area contributed by atoms with E-state index >= 15 is 0 Å². The first-order valence-corrected chi connectivity index (χ1v) is 10.5. The molecule has 12 heteroatoms. The number of hydrogen-bond donors (Lipinski definition) is 3. The molecule has 0 unspecified atom stereocenters. The van der Waals surface area contributed by atoms with Crippen LogP contribution in [0, 0.1) is 0 Å². The molecule has 0 heterocycles. The van der Waals surface area contributed by atoms with Gasteiger partial charge in [-0.25, -0.2) is 13.1 Å². The number of primary amides is 1. The van der Waals surface area contributed by atoms with Crippen molar-refractivity contribution < 1.29 is 35.9 Å². The zero-order chi connectivity index (χ0) is 23.1. The molecule has 0 saturated heterocycles. The van der Waals surface area contributed by atoms with Crippen LogP contribution in [0.2, 0.25) is 0 Å². The zero-order valence-electron chi connectivity index (χ0n) is 16.1. The molecule has 0 aliphatic heterocycles. The lowest BCUT2D eigenvalue weighted by atomic mass is 10.1. The van der Waals surface area contributed by atoms with Gasteiger partial charge in [0.1, 0.15) is 5.75 Å². The summed E-state index contributed by atoms with van der Waals surface area (Å²) >= 11 is 0. The van der Waals surface area contributed by atoms with Crippen LogP contribution in [0.1, 0.15) is 22.3 Å². The van der Waals surface area contributed by atoms with Crippen LogP contribution in [0.15, 0.2) is 53.4 Å². The van der Waals surface area contributed by atoms with Gasteiger partial charge >= 0.3 is 6.36 Å². The van der Waals surface area contributed by atoms with Crippen LogP contribution >= 0.6 is 0 Å². The van der Waals surface area contributed by atoms with Crippen LogP contribution < -0.4 is 20.5 Å². The molecule has 4 N–H and O–H groups in total. The number of halogens is 3. The average molecular weight is 459 g/mol. The largest absolute Gasteiger partial charge is 0.573 e. The van der Waals surface area contributed by atoms with E-state index in [1.807, 2.05) is 0 Å². The molecule has 0 atom stereocenters. The molecule has 0 aliphatic carbocycles. The quantitative estimate of drug-likeness (QED) is 0.499. The standard InChI is InChI=1S/C19H20F3N3O5S/c20-19(21,22)30-15-4-6-16(7-5-15)31(28,29)25-11-9-17(26)24-10-8-13-2-1-3-14(12-13)18(23)27/h1-7,12,25H,8-11H2,(H2,23,27)(H,24,26). The van der Waals surface area contributed by atoms with Crippen LogP contribution in [0.4, 0.5) is 13.2 Å². The van der Waals surface area contributed by atoms with Gasteiger partial charge in [-0.05, 0) is 48.4 Å². The molecule has 2 aromatic rings. The van der Waals surface area contributed by atoms with Crippen LogP contribution in [-0.4, -0.2) is 39.7 Å². The maximum Gasteiger partial charge on any atom is 0.573 e. The summed E-state index contributed by atoms with van der Waals surface area (Å²) in [6.07, 6.45) is -4.57. The summed E-state index contributed by atoms with van der Waals surface area (Å²) in [6.45, 7) is 0.0700. The van der Waals surface area contributed by atoms with Gasteiger partial charge in [-0.1, -0.05) is 12.1 Å². The van der Waals surface area contributed by atoms with Gasteiger partial charge in [0.05, 0.1) is 4.90 Å². The predicted octanol–water partition coefficient (Wildman–Crippen LogP) is 1.71. The molecule has 0 radical (unpaired) electrons. The highest BCUT2D eigenvalue weighted by Crippen LogP contribution is 2.23. The molecule has 168 valence electrons. The molecule has 31 heavy (non-hydrogen) atoms. The van der Waals surface area contributed by atoms with E-state index in [0.29, 0.717) is 12.0 Å². The summed E-state index contributed by atoms with van der Waals surface area (Å²) in [7, 11) is -4.00. The summed E-state index contributed by atoms with van der Waals surface area (Å²) in [5, 5.41) is 2.62. The third-order valence-electron chi connectivity index (χ3n) is 3.96. The van der Waals surface area contributed by atoms with E-state index in [2.05, 4.69) is 14.8 Å². The minimum absolute atomic E-state index is 0.143. The van der Waals surface area contributed by atoms with Crippen molar-refractivity contribution in [1.29, 1.82) is 0 Å². The number of nitrogens with one attached hydrogen (secondary N) is 2. The fourth-order valence-electron chi connectivity index (χ4n) is 2.52. The fraction of sp³-hybridized carbons (Fsp3) is 0.263. The van der Waals surface area contributed by atoms with E-state index in [1.165, 1.54) is 0 Å². The Bertz CT molecular complexity index is 1020. The first kappa shape index (κ1) is 24.2. The molecule has 8 nitrogen and oxygen atoms in total. The molecule has 0 spiro atoms. The monoisotopic (exact) mass is 459 g/mol. The Morgan fingerprint density at radius 3 is 2.32 bits per heavy atom. The molecule has 0 aliphatic rings. The van der Waals surface area contributed by atoms with Crippen molar-refractivity contribution in [3.8, 4) is 5.75 Å². The lowest BCUT2D eigenvalue weighted by molar-refractivity contribution is -0.274. The Kier molecular flexibility index (Phi) is 8.00. The number of sulfonamides is 1. The van der Waals surface area contributed by atoms with Crippen molar-refractivity contribution in [2.24, 2.45) is 5.73 Å². The van der Waals surface area contributed by atoms with Crippen LogP contribution in [0.3, 0.4) is 0 Å². The summed E-state index contributed by atoms with van der Waals surface area (Å²) in [4.78, 5) is 22.8. The molecule has 0 saturated carbocycles. The molecule has 2 amide bonds. The van der Waals surface area contributed by atoms with Crippen molar-refractivity contribution in [3.63, 3.8) is 0 Å². The van der Waals surface area contributed by atoms with Gasteiger partial charge < -0.3 is 15.8 Å². The van der Waals surface area contributed by atoms with Crippen molar-refractivity contribution in [1.82, 2.24) is 10.0 Å². The van der Waals surface area contributed by atoms with Gasteiger partial charge in [-0.3, -0.25) is 9.59 Å². The lowest BCUT2D eigenvalue weighted by Crippen LogP contribution is -2.31. The lowest BCUT2D eigenvalue weighted by Gasteiger charge is -2.10. The van der Waals surface area contributed by atoms with E-state index in [9.17, 15) is 31.2 Å². The topological polar surface area (TPSA) is 128 Å². The third-order valence-corrected chi connectivity index (χ3v) is 5.44. The number of carbonyl (C=O) groups is 2. The highest BCUT2D eigenvalue weighted by atomic mass is 32.2. The molecular weight excluding hydrogens is 439 g/mol. The molecule has 0 aromatic heterocycles. The molecule has 2 aromatic carbocycles. The number of rotatable bonds is 10. The summed E-state index contributed by atoms with van der Waals surface area (Å²) < 4.78 is 66.6. The average Bonchev–Trinajstić information content (AvgIpc) is 2.67. The van der Waals surface area contributed by atoms with Crippen molar-refractivity contribution in [2.75, 3.05) is 13.1 Å². The predicted molar refractivity (Wildman–Crippen MR) is 105 cm³/mol. The van der Waals surface area contributed by atoms with E-state index < -0.39 is 33.9 Å². The summed E-state index contributed by atoms with van der Waals surface area (Å²) in [6, 6.07) is 10.3. The normalized spacial score (nSPS) is 11.7. The SMILES string of the molecule is NC(=O)c1cccc(CCNC(=O)CCNS(=O)(=O)c2ccc(OC(F)(F)F)cc2)c1. The van der Waals surface area contributed by atoms with Gasteiger partial charge in [0.15, 0.2) is 0 Å². The highest BCUT2D eigenvalue weighted by molar-refractivity contribution is 7.89. The van der Waals surface area contributed by atoms with Gasteiger partial charge in [0.2, 0.25) is 21.8 Å². The molecular formula is C19H20F3N3O5S. The summed E-state index contributed by atoms with van der Waals surface area (Å²) in [5.41, 5.74) is 6.37. The number of amides is 2. The van der Waals surface area contributed by atoms with Crippen molar-refractivity contribution in [3.05, 3.63) is 59.7 Å². The Balaban J connectivity index is 1.77. The Morgan fingerprint density at radius 2 is 1.71 bits per heavy atom. The second kappa shape index (κ2) is 10.3. The minimum Gasteiger partial charge on any atom is -0.406 e. The maximum atomic E-state index is 12.2. The number of carbonyl (C=O) groups excluding carboxylic acids is 2. The number of ether oxygens (including phenoxy) is 1. The Hall–Kier alpha value is -3.12. The molecule has 0 bridgehead atoms. The van der Waals surface area contributed by atoms with E-state index in [4.69, 9.17) is 5.73 Å². The van der Waals surface area contributed by atoms with Crippen LogP contribution in [0.25, 0.3) is 0 Å². The Labute approximate surface area is 176 Å². The molecule has 2 rings (SSSR count). The van der Waals surface area contributed by atoms with E-state index in [0.717, 1.165) is 29.8 Å². The number of hydrogen-bond acceptors (Lipinski definition) is 5. The van der Waals surface area contributed by atoms with Gasteiger partial charge in [0, 0.05) is 25.1 Å². The van der Waals surface area contributed by atoms with Crippen molar-refractivity contribution in [2.45, 2.75) is 24.1 Å². The summed E-state index contributed by atoms with van der Waals surface area (Å²) in [5.74, 6) is -1.50. The van der Waals surface area contributed by atoms with Crippen LogP contribution in [0.5, 0.6) is 5.75 Å². The zero-order valence-corrected chi connectivity index (χ0v) is 16.9. The van der Waals surface area contributed by atoms with Crippen LogP contribution in [-0.2, 0) is 21.2 Å².